The van der Waals surface area contributed by atoms with E-state index in [1.165, 1.54) is 18.3 Å². The maximum absolute atomic E-state index is 13.9. The molecule has 0 fully saturated rings. The highest BCUT2D eigenvalue weighted by Gasteiger charge is 2.24. The summed E-state index contributed by atoms with van der Waals surface area (Å²) >= 11 is 3.15. The number of rotatable bonds is 5. The fourth-order valence-electron chi connectivity index (χ4n) is 2.37. The Labute approximate surface area is 162 Å². The van der Waals surface area contributed by atoms with Gasteiger partial charge in [0.25, 0.3) is 5.91 Å². The molecule has 0 aliphatic carbocycles. The monoisotopic (exact) mass is 431 g/mol. The van der Waals surface area contributed by atoms with Crippen molar-refractivity contribution in [1.29, 1.82) is 0 Å². The number of esters is 1. The van der Waals surface area contributed by atoms with Crippen molar-refractivity contribution in [2.75, 3.05) is 5.32 Å². The van der Waals surface area contributed by atoms with E-state index in [1.54, 1.807) is 31.2 Å². The van der Waals surface area contributed by atoms with Crippen LogP contribution in [0.1, 0.15) is 23.8 Å². The van der Waals surface area contributed by atoms with Gasteiger partial charge in [0.05, 0.1) is 22.9 Å². The fraction of sp³-hybridized carbons (Fsp3) is 0.158. The van der Waals surface area contributed by atoms with Gasteiger partial charge in [0, 0.05) is 4.47 Å². The number of ether oxygens (including phenoxy) is 1. The van der Waals surface area contributed by atoms with Crippen LogP contribution in [0.15, 0.2) is 53.1 Å². The molecule has 1 atom stereocenters. The number of anilines is 1. The minimum atomic E-state index is -1.09. The fourth-order valence-corrected chi connectivity index (χ4v) is 2.70. The van der Waals surface area contributed by atoms with E-state index in [9.17, 15) is 14.0 Å². The number of aromatic nitrogens is 2. The number of carbonyl (C=O) groups is 2. The van der Waals surface area contributed by atoms with E-state index in [4.69, 9.17) is 4.74 Å². The second-order valence-corrected chi connectivity index (χ2v) is 6.58. The van der Waals surface area contributed by atoms with Crippen LogP contribution in [-0.4, -0.2) is 27.9 Å². The molecule has 138 valence electrons. The Hall–Kier alpha value is -2.87. The molecule has 0 saturated heterocycles. The Balaban J connectivity index is 1.72. The lowest BCUT2D eigenvalue weighted by Crippen LogP contribution is -2.32. The summed E-state index contributed by atoms with van der Waals surface area (Å²) in [7, 11) is 0. The zero-order valence-corrected chi connectivity index (χ0v) is 15.9. The summed E-state index contributed by atoms with van der Waals surface area (Å²) in [5, 5.41) is 2.43. The van der Waals surface area contributed by atoms with Crippen LogP contribution in [0.3, 0.4) is 0 Å². The predicted molar refractivity (Wildman–Crippen MR) is 102 cm³/mol. The highest BCUT2D eigenvalue weighted by atomic mass is 79.9. The summed E-state index contributed by atoms with van der Waals surface area (Å²) in [6, 6.07) is 11.3. The van der Waals surface area contributed by atoms with Gasteiger partial charge >= 0.3 is 5.97 Å². The number of para-hydroxylation sites is 2. The van der Waals surface area contributed by atoms with Crippen molar-refractivity contribution in [3.63, 3.8) is 0 Å². The lowest BCUT2D eigenvalue weighted by atomic mass is 10.2. The molecule has 2 aromatic carbocycles. The third-order valence-electron chi connectivity index (χ3n) is 3.76. The number of fused-ring (bicyclic) bond motifs is 1. The minimum Gasteiger partial charge on any atom is -0.447 e. The molecular weight excluding hydrogens is 417 g/mol. The first-order chi connectivity index (χ1) is 13.0. The second kappa shape index (κ2) is 8.22. The van der Waals surface area contributed by atoms with Crippen molar-refractivity contribution in [3.05, 3.63) is 64.6 Å². The van der Waals surface area contributed by atoms with E-state index >= 15 is 0 Å². The molecule has 0 radical (unpaired) electrons. The third kappa shape index (κ3) is 4.46. The molecule has 0 spiro atoms. The molecule has 8 heteroatoms. The minimum absolute atomic E-state index is 0.00296. The van der Waals surface area contributed by atoms with Crippen molar-refractivity contribution in [3.8, 4) is 0 Å². The number of nitrogens with one attached hydrogen (secondary N) is 1. The van der Waals surface area contributed by atoms with E-state index in [-0.39, 0.29) is 17.8 Å². The maximum atomic E-state index is 13.9. The molecule has 0 saturated carbocycles. The Kier molecular flexibility index (Phi) is 5.75. The molecule has 1 heterocycles. The zero-order valence-electron chi connectivity index (χ0n) is 14.3. The van der Waals surface area contributed by atoms with E-state index < -0.39 is 23.8 Å². The van der Waals surface area contributed by atoms with Crippen LogP contribution in [0.25, 0.3) is 11.0 Å². The Morgan fingerprint density at radius 2 is 1.96 bits per heavy atom. The van der Waals surface area contributed by atoms with Gasteiger partial charge in [-0.05, 0) is 36.8 Å². The molecule has 6 nitrogen and oxygen atoms in total. The molecule has 0 aliphatic heterocycles. The Bertz CT molecular complexity index is 1010. The Morgan fingerprint density at radius 3 is 2.67 bits per heavy atom. The summed E-state index contributed by atoms with van der Waals surface area (Å²) < 4.78 is 19.7. The van der Waals surface area contributed by atoms with Gasteiger partial charge in [0.15, 0.2) is 11.8 Å². The first kappa shape index (κ1) is 18.9. The number of amides is 1. The highest BCUT2D eigenvalue weighted by Crippen LogP contribution is 2.20. The highest BCUT2D eigenvalue weighted by molar-refractivity contribution is 9.10. The van der Waals surface area contributed by atoms with E-state index in [0.717, 1.165) is 0 Å². The van der Waals surface area contributed by atoms with Gasteiger partial charge < -0.3 is 10.1 Å². The normalized spacial score (nSPS) is 11.8. The first-order valence-electron chi connectivity index (χ1n) is 8.16. The second-order valence-electron chi connectivity index (χ2n) is 5.66. The summed E-state index contributed by atoms with van der Waals surface area (Å²) in [6.07, 6.45) is 0.425. The maximum Gasteiger partial charge on any atom is 0.359 e. The largest absolute Gasteiger partial charge is 0.447 e. The van der Waals surface area contributed by atoms with Crippen molar-refractivity contribution in [2.45, 2.75) is 19.4 Å². The summed E-state index contributed by atoms with van der Waals surface area (Å²) in [4.78, 5) is 33.0. The SMILES string of the molecule is CCC(OC(=O)c1cnc2ccccc2n1)C(=O)Nc1ccc(Br)cc1F. The van der Waals surface area contributed by atoms with Gasteiger partial charge in [0.1, 0.15) is 5.82 Å². The molecule has 0 aliphatic rings. The summed E-state index contributed by atoms with van der Waals surface area (Å²) in [6.45, 7) is 1.68. The average Bonchev–Trinajstić information content (AvgIpc) is 2.67. The van der Waals surface area contributed by atoms with Gasteiger partial charge in [-0.3, -0.25) is 9.78 Å². The molecular formula is C19H15BrFN3O3. The first-order valence-corrected chi connectivity index (χ1v) is 8.96. The predicted octanol–water partition coefficient (Wildman–Crippen LogP) is 4.11. The number of hydrogen-bond acceptors (Lipinski definition) is 5. The smallest absolute Gasteiger partial charge is 0.359 e. The van der Waals surface area contributed by atoms with Crippen LogP contribution in [0.5, 0.6) is 0 Å². The lowest BCUT2D eigenvalue weighted by Gasteiger charge is -2.16. The van der Waals surface area contributed by atoms with Crippen LogP contribution < -0.4 is 5.32 Å². The van der Waals surface area contributed by atoms with Crippen molar-refractivity contribution < 1.29 is 18.7 Å². The zero-order chi connectivity index (χ0) is 19.4. The Morgan fingerprint density at radius 1 is 1.22 bits per heavy atom. The number of benzene rings is 2. The third-order valence-corrected chi connectivity index (χ3v) is 4.25. The van der Waals surface area contributed by atoms with Gasteiger partial charge in [-0.25, -0.2) is 14.2 Å². The van der Waals surface area contributed by atoms with Crippen molar-refractivity contribution in [1.82, 2.24) is 9.97 Å². The quantitative estimate of drug-likeness (QED) is 0.614. The van der Waals surface area contributed by atoms with Crippen LogP contribution in [0, 0.1) is 5.82 Å². The number of halogens is 2. The van der Waals surface area contributed by atoms with E-state index in [0.29, 0.717) is 15.5 Å². The van der Waals surface area contributed by atoms with Gasteiger partial charge in [-0.1, -0.05) is 35.0 Å². The molecule has 1 aromatic heterocycles. The number of hydrogen-bond donors (Lipinski definition) is 1. The van der Waals surface area contributed by atoms with Crippen molar-refractivity contribution in [2.24, 2.45) is 0 Å². The van der Waals surface area contributed by atoms with E-state index in [2.05, 4.69) is 31.2 Å². The summed E-state index contributed by atoms with van der Waals surface area (Å²) in [5.41, 5.74) is 1.18. The summed E-state index contributed by atoms with van der Waals surface area (Å²) in [5.74, 6) is -1.99. The van der Waals surface area contributed by atoms with E-state index in [1.807, 2.05) is 6.07 Å². The molecule has 1 amide bonds. The van der Waals surface area contributed by atoms with Gasteiger partial charge in [0.2, 0.25) is 0 Å². The molecule has 1 N–H and O–H groups in total. The molecule has 3 rings (SSSR count). The number of nitrogens with zero attached hydrogens (tertiary/aromatic N) is 2. The number of carbonyl (C=O) groups excluding carboxylic acids is 2. The molecule has 1 unspecified atom stereocenters. The van der Waals surface area contributed by atoms with Crippen LogP contribution in [0.2, 0.25) is 0 Å². The van der Waals surface area contributed by atoms with Gasteiger partial charge in [-0.15, -0.1) is 0 Å². The van der Waals surface area contributed by atoms with Gasteiger partial charge in [-0.2, -0.15) is 0 Å². The molecule has 27 heavy (non-hydrogen) atoms. The van der Waals surface area contributed by atoms with Crippen LogP contribution in [-0.2, 0) is 9.53 Å². The van der Waals surface area contributed by atoms with Crippen molar-refractivity contribution >= 4 is 44.5 Å². The standard InChI is InChI=1S/C19H15BrFN3O3/c1-2-17(18(25)24-13-8-7-11(20)9-12(13)21)27-19(26)16-10-22-14-5-3-4-6-15(14)23-16/h3-10,17H,2H2,1H3,(H,24,25). The van der Waals surface area contributed by atoms with Crippen LogP contribution >= 0.6 is 15.9 Å². The lowest BCUT2D eigenvalue weighted by molar-refractivity contribution is -0.124. The van der Waals surface area contributed by atoms with Crippen LogP contribution in [0.4, 0.5) is 10.1 Å². The topological polar surface area (TPSA) is 81.2 Å². The molecule has 3 aromatic rings. The molecule has 0 bridgehead atoms. The average molecular weight is 432 g/mol.